The first-order chi connectivity index (χ1) is 16.1. The second kappa shape index (κ2) is 14.9. The number of carboxylic acid groups (broad SMARTS) is 1. The van der Waals surface area contributed by atoms with E-state index in [-0.39, 0.29) is 25.7 Å². The van der Waals surface area contributed by atoms with E-state index in [4.69, 9.17) is 16.6 Å². The molecular weight excluding hydrogens is 470 g/mol. The van der Waals surface area contributed by atoms with E-state index in [1.165, 1.54) is 24.3 Å². The molecular formula is C19H31N7O7S. The topological polar surface area (TPSA) is 243 Å². The van der Waals surface area contributed by atoms with Crippen molar-refractivity contribution in [1.82, 2.24) is 25.9 Å². The van der Waals surface area contributed by atoms with Crippen molar-refractivity contribution in [2.75, 3.05) is 18.6 Å². The summed E-state index contributed by atoms with van der Waals surface area (Å²) in [5.41, 5.74) is 11.1. The van der Waals surface area contributed by atoms with E-state index < -0.39 is 60.4 Å². The van der Waals surface area contributed by atoms with Crippen LogP contribution >= 0.6 is 11.8 Å². The van der Waals surface area contributed by atoms with Crippen LogP contribution in [0, 0.1) is 0 Å². The number of aliphatic hydroxyl groups is 1. The van der Waals surface area contributed by atoms with Gasteiger partial charge < -0.3 is 42.6 Å². The van der Waals surface area contributed by atoms with Gasteiger partial charge in [0.1, 0.15) is 24.2 Å². The van der Waals surface area contributed by atoms with Crippen LogP contribution in [0.5, 0.6) is 0 Å². The molecule has 4 unspecified atom stereocenters. The van der Waals surface area contributed by atoms with Crippen LogP contribution in [0.3, 0.4) is 0 Å². The number of aromatic amines is 1. The lowest BCUT2D eigenvalue weighted by atomic mass is 10.1. The third-order valence-electron chi connectivity index (χ3n) is 4.68. The first kappa shape index (κ1) is 28.9. The Bertz CT molecular complexity index is 837. The number of nitrogens with two attached hydrogens (primary N) is 2. The quantitative estimate of drug-likeness (QED) is 0.113. The Kier molecular flexibility index (Phi) is 12.6. The minimum atomic E-state index is -1.38. The minimum Gasteiger partial charge on any atom is -0.480 e. The molecule has 0 radical (unpaired) electrons. The molecule has 10 N–H and O–H groups in total. The highest BCUT2D eigenvalue weighted by Gasteiger charge is 2.30. The van der Waals surface area contributed by atoms with Crippen LogP contribution in [0.1, 0.15) is 25.0 Å². The van der Waals surface area contributed by atoms with Gasteiger partial charge in [-0.15, -0.1) is 0 Å². The Morgan fingerprint density at radius 1 is 1.06 bits per heavy atom. The number of imidazole rings is 1. The van der Waals surface area contributed by atoms with Crippen molar-refractivity contribution >= 4 is 41.4 Å². The number of H-pyrrole nitrogens is 1. The lowest BCUT2D eigenvalue weighted by Crippen LogP contribution is -2.58. The fourth-order valence-electron chi connectivity index (χ4n) is 2.78. The third kappa shape index (κ3) is 10.2. The van der Waals surface area contributed by atoms with Gasteiger partial charge in [-0.3, -0.25) is 19.2 Å². The molecule has 1 aromatic heterocycles. The third-order valence-corrected chi connectivity index (χ3v) is 5.33. The molecule has 0 aliphatic heterocycles. The lowest BCUT2D eigenvalue weighted by molar-refractivity contribution is -0.142. The minimum absolute atomic E-state index is 0.0110. The van der Waals surface area contributed by atoms with E-state index in [1.54, 1.807) is 6.26 Å². The smallest absolute Gasteiger partial charge is 0.326 e. The molecule has 14 nitrogen and oxygen atoms in total. The molecule has 4 atom stereocenters. The zero-order chi connectivity index (χ0) is 25.7. The van der Waals surface area contributed by atoms with Crippen LogP contribution in [0.25, 0.3) is 0 Å². The standard InChI is InChI=1S/C19H31N7O7S/c1-34-5-4-12(17(30)25-13(19(32)33)2-3-15(21)28)24-18(31)14(6-10-7-22-9-23-10)26-16(29)11(20)8-27/h7,9,11-14,27H,2-6,8,20H2,1H3,(H2,21,28)(H,22,23)(H,24,31)(H,25,30)(H,26,29)(H,32,33). The van der Waals surface area contributed by atoms with Gasteiger partial charge >= 0.3 is 5.97 Å². The number of nitrogens with one attached hydrogen (secondary N) is 4. The molecule has 0 aliphatic rings. The number of hydrogen-bond acceptors (Lipinski definition) is 9. The van der Waals surface area contributed by atoms with Gasteiger partial charge in [-0.2, -0.15) is 11.8 Å². The second-order valence-electron chi connectivity index (χ2n) is 7.38. The molecule has 0 aromatic carbocycles. The monoisotopic (exact) mass is 501 g/mol. The number of aromatic nitrogens is 2. The fraction of sp³-hybridized carbons (Fsp3) is 0.579. The van der Waals surface area contributed by atoms with Gasteiger partial charge in [-0.25, -0.2) is 9.78 Å². The molecule has 0 fully saturated rings. The number of primary amides is 1. The molecule has 190 valence electrons. The first-order valence-corrected chi connectivity index (χ1v) is 11.7. The maximum absolute atomic E-state index is 13.0. The highest BCUT2D eigenvalue weighted by Crippen LogP contribution is 2.06. The number of amides is 4. The molecule has 0 aliphatic carbocycles. The van der Waals surface area contributed by atoms with Crippen molar-refractivity contribution in [1.29, 1.82) is 0 Å². The number of thioether (sulfide) groups is 1. The van der Waals surface area contributed by atoms with Gasteiger partial charge in [0.2, 0.25) is 23.6 Å². The summed E-state index contributed by atoms with van der Waals surface area (Å²) in [6.07, 6.45) is 4.33. The van der Waals surface area contributed by atoms with Crippen molar-refractivity contribution in [3.05, 3.63) is 18.2 Å². The Morgan fingerprint density at radius 2 is 1.68 bits per heavy atom. The zero-order valence-electron chi connectivity index (χ0n) is 18.7. The maximum Gasteiger partial charge on any atom is 0.326 e. The van der Waals surface area contributed by atoms with Crippen molar-refractivity contribution in [2.24, 2.45) is 11.5 Å². The van der Waals surface area contributed by atoms with Crippen molar-refractivity contribution in [3.8, 4) is 0 Å². The van der Waals surface area contributed by atoms with E-state index in [9.17, 15) is 29.1 Å². The van der Waals surface area contributed by atoms with Gasteiger partial charge in [0, 0.05) is 24.7 Å². The van der Waals surface area contributed by atoms with Crippen LogP contribution in [-0.4, -0.2) is 92.6 Å². The van der Waals surface area contributed by atoms with Crippen molar-refractivity contribution in [3.63, 3.8) is 0 Å². The average Bonchev–Trinajstić information content (AvgIpc) is 3.30. The van der Waals surface area contributed by atoms with Crippen molar-refractivity contribution < 1.29 is 34.2 Å². The molecule has 1 heterocycles. The summed E-state index contributed by atoms with van der Waals surface area (Å²) >= 11 is 1.41. The highest BCUT2D eigenvalue weighted by atomic mass is 32.2. The molecule has 0 saturated carbocycles. The number of aliphatic hydroxyl groups excluding tert-OH is 1. The number of aliphatic carboxylic acids is 1. The fourth-order valence-corrected chi connectivity index (χ4v) is 3.25. The summed E-state index contributed by atoms with van der Waals surface area (Å²) in [6.45, 7) is -0.634. The van der Waals surface area contributed by atoms with E-state index in [1.807, 2.05) is 0 Å². The summed E-state index contributed by atoms with van der Waals surface area (Å²) in [5.74, 6) is -3.87. The summed E-state index contributed by atoms with van der Waals surface area (Å²) in [5, 5.41) is 25.7. The Labute approximate surface area is 200 Å². The molecule has 0 saturated heterocycles. The van der Waals surface area contributed by atoms with E-state index in [2.05, 4.69) is 25.9 Å². The predicted octanol–water partition coefficient (Wildman–Crippen LogP) is -3.17. The van der Waals surface area contributed by atoms with Gasteiger partial charge in [0.15, 0.2) is 0 Å². The Hall–Kier alpha value is -3.17. The lowest BCUT2D eigenvalue weighted by Gasteiger charge is -2.25. The largest absolute Gasteiger partial charge is 0.480 e. The summed E-state index contributed by atoms with van der Waals surface area (Å²) in [6, 6.07) is -4.92. The molecule has 1 rings (SSSR count). The number of carboxylic acids is 1. The van der Waals surface area contributed by atoms with E-state index >= 15 is 0 Å². The SMILES string of the molecule is CSCCC(NC(=O)C(Cc1cnc[nH]1)NC(=O)C(N)CO)C(=O)NC(CCC(N)=O)C(=O)O. The Balaban J connectivity index is 2.99. The molecule has 0 spiro atoms. The summed E-state index contributed by atoms with van der Waals surface area (Å²) in [4.78, 5) is 67.1. The van der Waals surface area contributed by atoms with E-state index in [0.29, 0.717) is 11.4 Å². The molecule has 0 bridgehead atoms. The van der Waals surface area contributed by atoms with Crippen LogP contribution in [-0.2, 0) is 30.4 Å². The molecule has 4 amide bonds. The number of carbonyl (C=O) groups is 5. The predicted molar refractivity (Wildman–Crippen MR) is 122 cm³/mol. The van der Waals surface area contributed by atoms with Gasteiger partial charge in [-0.1, -0.05) is 0 Å². The number of carbonyl (C=O) groups excluding carboxylic acids is 4. The normalized spacial score (nSPS) is 14.3. The number of nitrogens with zero attached hydrogens (tertiary/aromatic N) is 1. The highest BCUT2D eigenvalue weighted by molar-refractivity contribution is 7.98. The van der Waals surface area contributed by atoms with Crippen LogP contribution in [0.4, 0.5) is 0 Å². The number of rotatable bonds is 16. The molecule has 1 aromatic rings. The Morgan fingerprint density at radius 3 is 2.21 bits per heavy atom. The second-order valence-corrected chi connectivity index (χ2v) is 8.36. The van der Waals surface area contributed by atoms with Crippen molar-refractivity contribution in [2.45, 2.75) is 49.9 Å². The molecule has 34 heavy (non-hydrogen) atoms. The maximum atomic E-state index is 13.0. The van der Waals surface area contributed by atoms with Crippen LogP contribution in [0.2, 0.25) is 0 Å². The van der Waals surface area contributed by atoms with E-state index in [0.717, 1.165) is 0 Å². The molecule has 15 heteroatoms. The van der Waals surface area contributed by atoms with Gasteiger partial charge in [0.05, 0.1) is 12.9 Å². The number of hydrogen-bond donors (Lipinski definition) is 8. The van der Waals surface area contributed by atoms with Gasteiger partial charge in [-0.05, 0) is 24.9 Å². The summed E-state index contributed by atoms with van der Waals surface area (Å²) < 4.78 is 0. The average molecular weight is 502 g/mol. The van der Waals surface area contributed by atoms with Crippen LogP contribution < -0.4 is 27.4 Å². The van der Waals surface area contributed by atoms with Crippen LogP contribution in [0.15, 0.2) is 12.5 Å². The first-order valence-electron chi connectivity index (χ1n) is 10.3. The van der Waals surface area contributed by atoms with Gasteiger partial charge in [0.25, 0.3) is 0 Å². The summed E-state index contributed by atoms with van der Waals surface area (Å²) in [7, 11) is 0. The zero-order valence-corrected chi connectivity index (χ0v) is 19.5.